The summed E-state index contributed by atoms with van der Waals surface area (Å²) in [5.74, 6) is 0.759. The van der Waals surface area contributed by atoms with E-state index in [1.807, 2.05) is 6.92 Å². The summed E-state index contributed by atoms with van der Waals surface area (Å²) in [5, 5.41) is 0. The highest BCUT2D eigenvalue weighted by molar-refractivity contribution is 7.89. The van der Waals surface area contributed by atoms with Crippen molar-refractivity contribution in [3.05, 3.63) is 23.3 Å². The van der Waals surface area contributed by atoms with Crippen LogP contribution in [0.1, 0.15) is 44.4 Å². The zero-order valence-electron chi connectivity index (χ0n) is 12.1. The van der Waals surface area contributed by atoms with Crippen LogP contribution in [0.3, 0.4) is 0 Å². The molecule has 1 unspecified atom stereocenters. The van der Waals surface area contributed by atoms with E-state index in [4.69, 9.17) is 10.5 Å². The Kier molecular flexibility index (Phi) is 4.36. The Morgan fingerprint density at radius 2 is 2.15 bits per heavy atom. The predicted molar refractivity (Wildman–Crippen MR) is 78.3 cm³/mol. The van der Waals surface area contributed by atoms with Gasteiger partial charge in [-0.3, -0.25) is 0 Å². The molecule has 5 nitrogen and oxygen atoms in total. The number of sulfonamides is 1. The second-order valence-electron chi connectivity index (χ2n) is 5.37. The molecule has 3 N–H and O–H groups in total. The summed E-state index contributed by atoms with van der Waals surface area (Å²) in [4.78, 5) is 0.266. The monoisotopic (exact) mass is 298 g/mol. The Balaban J connectivity index is 2.54. The second kappa shape index (κ2) is 5.71. The number of benzene rings is 1. The summed E-state index contributed by atoms with van der Waals surface area (Å²) < 4.78 is 32.9. The van der Waals surface area contributed by atoms with Crippen LogP contribution < -0.4 is 15.2 Å². The molecular weight excluding hydrogens is 276 g/mol. The maximum Gasteiger partial charge on any atom is 0.240 e. The first-order valence-corrected chi connectivity index (χ1v) is 8.41. The molecule has 0 aromatic heterocycles. The van der Waals surface area contributed by atoms with Crippen molar-refractivity contribution in [3.8, 4) is 5.75 Å². The van der Waals surface area contributed by atoms with Crippen LogP contribution in [0.25, 0.3) is 0 Å². The van der Waals surface area contributed by atoms with E-state index in [1.165, 1.54) is 0 Å². The summed E-state index contributed by atoms with van der Waals surface area (Å²) in [6.07, 6.45) is 1.41. The van der Waals surface area contributed by atoms with Gasteiger partial charge in [-0.25, -0.2) is 13.1 Å². The van der Waals surface area contributed by atoms with Crippen LogP contribution in [-0.2, 0) is 16.4 Å². The largest absolute Gasteiger partial charge is 0.493 e. The maximum atomic E-state index is 12.3. The van der Waals surface area contributed by atoms with Gasteiger partial charge in [-0.2, -0.15) is 0 Å². The maximum absolute atomic E-state index is 12.3. The summed E-state index contributed by atoms with van der Waals surface area (Å²) in [7, 11) is -3.51. The molecule has 0 spiro atoms. The van der Waals surface area contributed by atoms with E-state index in [9.17, 15) is 8.42 Å². The van der Waals surface area contributed by atoms with Crippen molar-refractivity contribution in [1.82, 2.24) is 4.72 Å². The summed E-state index contributed by atoms with van der Waals surface area (Å²) in [6, 6.07) is 3.01. The first-order valence-electron chi connectivity index (χ1n) is 6.92. The molecule has 20 heavy (non-hydrogen) atoms. The minimum Gasteiger partial charge on any atom is -0.493 e. The van der Waals surface area contributed by atoms with Crippen LogP contribution in [0.15, 0.2) is 17.0 Å². The van der Waals surface area contributed by atoms with Gasteiger partial charge in [0, 0.05) is 24.1 Å². The van der Waals surface area contributed by atoms with Crippen molar-refractivity contribution in [2.45, 2.75) is 50.6 Å². The molecular formula is C14H22N2O3S. The number of ether oxygens (including phenoxy) is 1. The van der Waals surface area contributed by atoms with E-state index < -0.39 is 10.0 Å². The zero-order chi connectivity index (χ0) is 14.9. The first-order chi connectivity index (χ1) is 9.35. The SMILES string of the molecule is CCc1cc(S(=O)(=O)NC(C)C)cc2c1OCCC2N. The molecule has 0 saturated carbocycles. The van der Waals surface area contributed by atoms with E-state index in [1.54, 1.807) is 26.0 Å². The molecule has 6 heteroatoms. The molecule has 0 radical (unpaired) electrons. The van der Waals surface area contributed by atoms with Gasteiger partial charge in [-0.05, 0) is 38.0 Å². The quantitative estimate of drug-likeness (QED) is 0.887. The van der Waals surface area contributed by atoms with Gasteiger partial charge in [0.25, 0.3) is 0 Å². The number of fused-ring (bicyclic) bond motifs is 1. The molecule has 1 atom stereocenters. The average molecular weight is 298 g/mol. The third-order valence-corrected chi connectivity index (χ3v) is 4.96. The third-order valence-electron chi connectivity index (χ3n) is 3.32. The zero-order valence-corrected chi connectivity index (χ0v) is 13.0. The lowest BCUT2D eigenvalue weighted by atomic mass is 9.97. The fourth-order valence-electron chi connectivity index (χ4n) is 2.37. The van der Waals surface area contributed by atoms with Gasteiger partial charge < -0.3 is 10.5 Å². The Morgan fingerprint density at radius 3 is 2.75 bits per heavy atom. The van der Waals surface area contributed by atoms with E-state index >= 15 is 0 Å². The topological polar surface area (TPSA) is 81.4 Å². The van der Waals surface area contributed by atoms with Gasteiger partial charge in [0.05, 0.1) is 11.5 Å². The predicted octanol–water partition coefficient (Wildman–Crippen LogP) is 1.72. The van der Waals surface area contributed by atoms with Gasteiger partial charge in [0.15, 0.2) is 0 Å². The Hall–Kier alpha value is -1.11. The lowest BCUT2D eigenvalue weighted by Crippen LogP contribution is -2.31. The molecule has 0 saturated heterocycles. The van der Waals surface area contributed by atoms with E-state index in [-0.39, 0.29) is 17.0 Å². The molecule has 0 amide bonds. The molecule has 1 aliphatic rings. The smallest absolute Gasteiger partial charge is 0.240 e. The Morgan fingerprint density at radius 1 is 1.45 bits per heavy atom. The standard InChI is InChI=1S/C14H22N2O3S/c1-4-10-7-11(20(17,18)16-9(2)3)8-12-13(15)5-6-19-14(10)12/h7-9,13,16H,4-6,15H2,1-3H3. The van der Waals surface area contributed by atoms with Crippen LogP contribution in [0.2, 0.25) is 0 Å². The van der Waals surface area contributed by atoms with Crippen molar-refractivity contribution in [3.63, 3.8) is 0 Å². The van der Waals surface area contributed by atoms with Gasteiger partial charge in [0.2, 0.25) is 10.0 Å². The summed E-state index contributed by atoms with van der Waals surface area (Å²) in [5.41, 5.74) is 7.77. The fraction of sp³-hybridized carbons (Fsp3) is 0.571. The van der Waals surface area contributed by atoms with Crippen LogP contribution in [0, 0.1) is 0 Å². The van der Waals surface area contributed by atoms with Crippen LogP contribution in [0.4, 0.5) is 0 Å². The number of nitrogens with one attached hydrogen (secondary N) is 1. The Labute approximate surface area is 120 Å². The van der Waals surface area contributed by atoms with Crippen molar-refractivity contribution in [2.75, 3.05) is 6.61 Å². The molecule has 0 aliphatic carbocycles. The average Bonchev–Trinajstić information content (AvgIpc) is 2.36. The van der Waals surface area contributed by atoms with Crippen LogP contribution in [0.5, 0.6) is 5.75 Å². The third kappa shape index (κ3) is 2.97. The lowest BCUT2D eigenvalue weighted by Gasteiger charge is -2.26. The summed E-state index contributed by atoms with van der Waals surface area (Å²) >= 11 is 0. The van der Waals surface area contributed by atoms with Crippen molar-refractivity contribution >= 4 is 10.0 Å². The highest BCUT2D eigenvalue weighted by Crippen LogP contribution is 2.36. The molecule has 112 valence electrons. The molecule has 0 bridgehead atoms. The van der Waals surface area contributed by atoms with Crippen molar-refractivity contribution in [2.24, 2.45) is 5.73 Å². The van der Waals surface area contributed by atoms with Gasteiger partial charge in [0.1, 0.15) is 5.75 Å². The summed E-state index contributed by atoms with van der Waals surface area (Å²) in [6.45, 7) is 6.15. The number of aryl methyl sites for hydroxylation is 1. The minimum absolute atomic E-state index is 0.147. The van der Waals surface area contributed by atoms with Crippen molar-refractivity contribution < 1.29 is 13.2 Å². The minimum atomic E-state index is -3.51. The normalized spacial score (nSPS) is 18.8. The number of rotatable bonds is 4. The molecule has 2 rings (SSSR count). The van der Waals surface area contributed by atoms with E-state index in [0.717, 1.165) is 16.9 Å². The van der Waals surface area contributed by atoms with Gasteiger partial charge >= 0.3 is 0 Å². The van der Waals surface area contributed by atoms with Crippen LogP contribution in [-0.4, -0.2) is 21.1 Å². The van der Waals surface area contributed by atoms with Crippen LogP contribution >= 0.6 is 0 Å². The second-order valence-corrected chi connectivity index (χ2v) is 7.09. The van der Waals surface area contributed by atoms with E-state index in [0.29, 0.717) is 19.4 Å². The molecule has 1 aromatic carbocycles. The molecule has 1 heterocycles. The van der Waals surface area contributed by atoms with Crippen molar-refractivity contribution in [1.29, 1.82) is 0 Å². The van der Waals surface area contributed by atoms with Gasteiger partial charge in [-0.1, -0.05) is 6.92 Å². The Bertz CT molecular complexity index is 597. The highest BCUT2D eigenvalue weighted by atomic mass is 32.2. The molecule has 1 aliphatic heterocycles. The van der Waals surface area contributed by atoms with Gasteiger partial charge in [-0.15, -0.1) is 0 Å². The number of nitrogens with two attached hydrogens (primary N) is 1. The molecule has 0 fully saturated rings. The molecule has 1 aromatic rings. The first kappa shape index (κ1) is 15.3. The fourth-order valence-corrected chi connectivity index (χ4v) is 3.71. The lowest BCUT2D eigenvalue weighted by molar-refractivity contribution is 0.266. The number of hydrogen-bond acceptors (Lipinski definition) is 4. The van der Waals surface area contributed by atoms with E-state index in [2.05, 4.69) is 4.72 Å². The number of hydrogen-bond donors (Lipinski definition) is 2. The highest BCUT2D eigenvalue weighted by Gasteiger charge is 2.25.